The molecule has 0 N–H and O–H groups in total. The highest BCUT2D eigenvalue weighted by Gasteiger charge is 2.16. The molecule has 0 radical (unpaired) electrons. The summed E-state index contributed by atoms with van der Waals surface area (Å²) < 4.78 is 6.02. The molecule has 0 aliphatic carbocycles. The van der Waals surface area contributed by atoms with Gasteiger partial charge in [-0.05, 0) is 40.8 Å². The van der Waals surface area contributed by atoms with Crippen LogP contribution in [0.3, 0.4) is 0 Å². The average molecular weight is 604 g/mol. The molecular formula is C41H25N5O. The van der Waals surface area contributed by atoms with E-state index in [0.717, 1.165) is 71.9 Å². The number of benzene rings is 5. The van der Waals surface area contributed by atoms with Crippen LogP contribution in [0.4, 0.5) is 0 Å². The van der Waals surface area contributed by atoms with Gasteiger partial charge in [0, 0.05) is 39.0 Å². The van der Waals surface area contributed by atoms with Crippen molar-refractivity contribution in [3.05, 3.63) is 152 Å². The predicted molar refractivity (Wildman–Crippen MR) is 187 cm³/mol. The molecule has 0 fully saturated rings. The van der Waals surface area contributed by atoms with Crippen LogP contribution in [0, 0.1) is 0 Å². The first kappa shape index (κ1) is 26.8. The quantitative estimate of drug-likeness (QED) is 0.195. The highest BCUT2D eigenvalue weighted by atomic mass is 16.3. The lowest BCUT2D eigenvalue weighted by Gasteiger charge is -2.12. The van der Waals surface area contributed by atoms with Crippen LogP contribution in [0.1, 0.15) is 0 Å². The molecule has 47 heavy (non-hydrogen) atoms. The minimum absolute atomic E-state index is 0.618. The van der Waals surface area contributed by atoms with E-state index in [1.165, 1.54) is 0 Å². The first-order chi connectivity index (χ1) is 23.3. The molecule has 6 nitrogen and oxygen atoms in total. The number of rotatable bonds is 5. The smallest absolute Gasteiger partial charge is 0.164 e. The summed E-state index contributed by atoms with van der Waals surface area (Å²) in [6, 6.07) is 47.0. The number of hydrogen-bond acceptors (Lipinski definition) is 6. The van der Waals surface area contributed by atoms with Crippen LogP contribution in [0.2, 0.25) is 0 Å². The van der Waals surface area contributed by atoms with E-state index in [1.807, 2.05) is 85.1 Å². The van der Waals surface area contributed by atoms with E-state index in [4.69, 9.17) is 29.3 Å². The van der Waals surface area contributed by atoms with E-state index in [1.54, 1.807) is 6.20 Å². The molecule has 0 saturated heterocycles. The molecule has 4 heterocycles. The second-order valence-electron chi connectivity index (χ2n) is 11.3. The predicted octanol–water partition coefficient (Wildman–Crippen LogP) is 10.0. The molecule has 0 amide bonds. The Morgan fingerprint density at radius 1 is 0.404 bits per heavy atom. The van der Waals surface area contributed by atoms with E-state index in [9.17, 15) is 0 Å². The van der Waals surface area contributed by atoms with Crippen LogP contribution >= 0.6 is 0 Å². The number of furan rings is 1. The van der Waals surface area contributed by atoms with Crippen molar-refractivity contribution in [2.24, 2.45) is 0 Å². The Morgan fingerprint density at radius 2 is 1.02 bits per heavy atom. The lowest BCUT2D eigenvalue weighted by Crippen LogP contribution is -2.00. The molecular weight excluding hydrogens is 578 g/mol. The second kappa shape index (κ2) is 11.1. The Hall–Kier alpha value is -6.53. The van der Waals surface area contributed by atoms with Gasteiger partial charge in [0.25, 0.3) is 0 Å². The lowest BCUT2D eigenvalue weighted by atomic mass is 9.96. The number of hydrogen-bond donors (Lipinski definition) is 0. The number of nitrogens with zero attached hydrogens (tertiary/aromatic N) is 5. The van der Waals surface area contributed by atoms with Crippen molar-refractivity contribution in [2.75, 3.05) is 0 Å². The normalized spacial score (nSPS) is 11.4. The van der Waals surface area contributed by atoms with Crippen molar-refractivity contribution in [3.63, 3.8) is 0 Å². The van der Waals surface area contributed by atoms with Gasteiger partial charge in [-0.25, -0.2) is 15.0 Å². The van der Waals surface area contributed by atoms with Crippen LogP contribution in [-0.4, -0.2) is 24.9 Å². The fourth-order valence-electron chi connectivity index (χ4n) is 6.19. The Labute approximate surface area is 270 Å². The highest BCUT2D eigenvalue weighted by Crippen LogP contribution is 2.36. The van der Waals surface area contributed by atoms with Crippen molar-refractivity contribution in [1.82, 2.24) is 24.9 Å². The van der Waals surface area contributed by atoms with Crippen molar-refractivity contribution in [2.45, 2.75) is 0 Å². The van der Waals surface area contributed by atoms with Crippen LogP contribution in [-0.2, 0) is 0 Å². The largest absolute Gasteiger partial charge is 0.454 e. The van der Waals surface area contributed by atoms with Crippen LogP contribution in [0.5, 0.6) is 0 Å². The van der Waals surface area contributed by atoms with E-state index in [2.05, 4.69) is 60.7 Å². The Bertz CT molecular complexity index is 2520. The van der Waals surface area contributed by atoms with Gasteiger partial charge in [-0.1, -0.05) is 115 Å². The van der Waals surface area contributed by atoms with Gasteiger partial charge >= 0.3 is 0 Å². The molecule has 6 heteroatoms. The third-order valence-electron chi connectivity index (χ3n) is 8.44. The van der Waals surface area contributed by atoms with Gasteiger partial charge in [-0.2, -0.15) is 0 Å². The minimum atomic E-state index is 0.618. The molecule has 0 bridgehead atoms. The van der Waals surface area contributed by atoms with Gasteiger partial charge in [0.1, 0.15) is 5.58 Å². The molecule has 9 rings (SSSR count). The molecule has 9 aromatic rings. The van der Waals surface area contributed by atoms with E-state index < -0.39 is 0 Å². The fourth-order valence-corrected chi connectivity index (χ4v) is 6.19. The molecule has 0 unspecified atom stereocenters. The monoisotopic (exact) mass is 603 g/mol. The first-order valence-corrected chi connectivity index (χ1v) is 15.4. The number of para-hydroxylation sites is 1. The average Bonchev–Trinajstić information content (AvgIpc) is 3.53. The summed E-state index contributed by atoms with van der Waals surface area (Å²) in [5.41, 5.74) is 8.15. The SMILES string of the molecule is c1ccc(-c2nc(-c3ccccc3)nc(-c3cccc(-c4cccc5c(-c6cc7c(cn6)oc6ccccc67)nccc45)c3)n2)cc1. The molecule has 5 aromatic carbocycles. The zero-order chi connectivity index (χ0) is 31.2. The van der Waals surface area contributed by atoms with Gasteiger partial charge in [0.2, 0.25) is 0 Å². The fraction of sp³-hybridized carbons (Fsp3) is 0. The Kier molecular flexibility index (Phi) is 6.35. The number of aromatic nitrogens is 5. The van der Waals surface area contributed by atoms with Crippen LogP contribution in [0.15, 0.2) is 156 Å². The van der Waals surface area contributed by atoms with Crippen molar-refractivity contribution < 1.29 is 4.42 Å². The van der Waals surface area contributed by atoms with Crippen LogP contribution in [0.25, 0.3) is 89.4 Å². The van der Waals surface area contributed by atoms with Gasteiger partial charge in [-0.3, -0.25) is 9.97 Å². The highest BCUT2D eigenvalue weighted by molar-refractivity contribution is 6.07. The molecule has 0 spiro atoms. The maximum Gasteiger partial charge on any atom is 0.164 e. The summed E-state index contributed by atoms with van der Waals surface area (Å²) in [6.07, 6.45) is 3.65. The minimum Gasteiger partial charge on any atom is -0.454 e. The van der Waals surface area contributed by atoms with E-state index in [0.29, 0.717) is 17.5 Å². The molecule has 0 aliphatic heterocycles. The zero-order valence-corrected chi connectivity index (χ0v) is 25.1. The van der Waals surface area contributed by atoms with Gasteiger partial charge in [0.05, 0.1) is 17.6 Å². The summed E-state index contributed by atoms with van der Waals surface area (Å²) in [6.45, 7) is 0. The van der Waals surface area contributed by atoms with E-state index in [-0.39, 0.29) is 0 Å². The third-order valence-corrected chi connectivity index (χ3v) is 8.44. The second-order valence-corrected chi connectivity index (χ2v) is 11.3. The van der Waals surface area contributed by atoms with Crippen molar-refractivity contribution >= 4 is 32.7 Å². The van der Waals surface area contributed by atoms with Crippen molar-refractivity contribution in [1.29, 1.82) is 0 Å². The Morgan fingerprint density at radius 3 is 1.79 bits per heavy atom. The van der Waals surface area contributed by atoms with Crippen molar-refractivity contribution in [3.8, 4) is 56.7 Å². The molecule has 0 aliphatic rings. The molecule has 0 atom stereocenters. The lowest BCUT2D eigenvalue weighted by molar-refractivity contribution is 0.667. The Balaban J connectivity index is 1.17. The molecule has 4 aromatic heterocycles. The maximum atomic E-state index is 6.02. The summed E-state index contributed by atoms with van der Waals surface area (Å²) in [4.78, 5) is 24.3. The maximum absolute atomic E-state index is 6.02. The first-order valence-electron chi connectivity index (χ1n) is 15.4. The van der Waals surface area contributed by atoms with E-state index >= 15 is 0 Å². The standard InChI is InChI=1S/C41H25N5O/c1-3-11-26(12-4-1)39-44-40(27-13-5-2-6-14-27)46-41(45-39)29-16-9-15-28(23-29)30-18-10-19-33-31(30)21-22-42-38(33)35-24-34-32-17-7-8-20-36(32)47-37(34)25-43-35/h1-25H. The zero-order valence-electron chi connectivity index (χ0n) is 25.1. The summed E-state index contributed by atoms with van der Waals surface area (Å²) in [5.74, 6) is 1.89. The third kappa shape index (κ3) is 4.80. The van der Waals surface area contributed by atoms with Gasteiger partial charge < -0.3 is 4.42 Å². The number of pyridine rings is 2. The number of fused-ring (bicyclic) bond motifs is 4. The molecule has 0 saturated carbocycles. The summed E-state index contributed by atoms with van der Waals surface area (Å²) >= 11 is 0. The summed E-state index contributed by atoms with van der Waals surface area (Å²) in [7, 11) is 0. The van der Waals surface area contributed by atoms with Crippen LogP contribution < -0.4 is 0 Å². The van der Waals surface area contributed by atoms with Gasteiger partial charge in [-0.15, -0.1) is 0 Å². The summed E-state index contributed by atoms with van der Waals surface area (Å²) in [5, 5.41) is 4.19. The van der Waals surface area contributed by atoms with Gasteiger partial charge in [0.15, 0.2) is 23.1 Å². The topological polar surface area (TPSA) is 77.6 Å². The molecule has 220 valence electrons.